The van der Waals surface area contributed by atoms with Crippen molar-refractivity contribution in [3.63, 3.8) is 0 Å². The fraction of sp³-hybridized carbons (Fsp3) is 0.125. The van der Waals surface area contributed by atoms with Crippen molar-refractivity contribution in [2.75, 3.05) is 5.32 Å². The van der Waals surface area contributed by atoms with Gasteiger partial charge in [0, 0.05) is 12.8 Å². The standard InChI is InChI=1S/C16H13N5O2S/c22-14(8-7-13-17-10-4-1-2-5-11(10)18-13)19-16-21-20-15(24-16)12-6-3-9-23-12/h1-6,9H,7-8H2,(H,17,18)(H,19,21,22). The van der Waals surface area contributed by atoms with Gasteiger partial charge in [-0.25, -0.2) is 4.98 Å². The van der Waals surface area contributed by atoms with Gasteiger partial charge in [0.05, 0.1) is 17.3 Å². The summed E-state index contributed by atoms with van der Waals surface area (Å²) in [5.74, 6) is 1.30. The molecule has 0 saturated heterocycles. The van der Waals surface area contributed by atoms with Crippen molar-refractivity contribution in [3.8, 4) is 10.8 Å². The van der Waals surface area contributed by atoms with Gasteiger partial charge in [-0.2, -0.15) is 0 Å². The highest BCUT2D eigenvalue weighted by atomic mass is 32.1. The summed E-state index contributed by atoms with van der Waals surface area (Å²) in [6, 6.07) is 11.4. The average Bonchev–Trinajstić information content (AvgIpc) is 3.32. The third kappa shape index (κ3) is 3.04. The highest BCUT2D eigenvalue weighted by Gasteiger charge is 2.12. The zero-order chi connectivity index (χ0) is 16.4. The number of rotatable bonds is 5. The number of anilines is 1. The summed E-state index contributed by atoms with van der Waals surface area (Å²) in [6.07, 6.45) is 2.42. The Morgan fingerprint density at radius 3 is 2.96 bits per heavy atom. The molecule has 0 fully saturated rings. The van der Waals surface area contributed by atoms with Gasteiger partial charge in [0.25, 0.3) is 0 Å². The Bertz CT molecular complexity index is 940. The lowest BCUT2D eigenvalue weighted by atomic mass is 10.3. The Kier molecular flexibility index (Phi) is 3.80. The van der Waals surface area contributed by atoms with E-state index < -0.39 is 0 Å². The van der Waals surface area contributed by atoms with Crippen LogP contribution in [0.1, 0.15) is 12.2 Å². The molecule has 8 heteroatoms. The zero-order valence-electron chi connectivity index (χ0n) is 12.5. The van der Waals surface area contributed by atoms with Crippen LogP contribution in [-0.4, -0.2) is 26.1 Å². The van der Waals surface area contributed by atoms with E-state index in [2.05, 4.69) is 25.5 Å². The van der Waals surface area contributed by atoms with E-state index in [1.165, 1.54) is 11.3 Å². The number of amides is 1. The van der Waals surface area contributed by atoms with Gasteiger partial charge in [-0.05, 0) is 24.3 Å². The molecule has 0 aliphatic carbocycles. The van der Waals surface area contributed by atoms with Crippen LogP contribution in [0, 0.1) is 0 Å². The van der Waals surface area contributed by atoms with Crippen LogP contribution in [0.4, 0.5) is 5.13 Å². The quantitative estimate of drug-likeness (QED) is 0.582. The predicted molar refractivity (Wildman–Crippen MR) is 90.7 cm³/mol. The molecule has 0 atom stereocenters. The van der Waals surface area contributed by atoms with E-state index >= 15 is 0 Å². The molecule has 0 saturated carbocycles. The summed E-state index contributed by atoms with van der Waals surface area (Å²) in [5.41, 5.74) is 1.88. The van der Waals surface area contributed by atoms with E-state index in [-0.39, 0.29) is 5.91 Å². The van der Waals surface area contributed by atoms with E-state index in [1.807, 2.05) is 24.3 Å². The zero-order valence-corrected chi connectivity index (χ0v) is 13.3. The number of hydrogen-bond acceptors (Lipinski definition) is 6. The number of fused-ring (bicyclic) bond motifs is 1. The Hall–Kier alpha value is -3.00. The van der Waals surface area contributed by atoms with E-state index in [0.717, 1.165) is 16.9 Å². The molecule has 0 spiro atoms. The second-order valence-corrected chi connectivity index (χ2v) is 6.12. The molecule has 0 radical (unpaired) electrons. The third-order valence-electron chi connectivity index (χ3n) is 3.43. The first kappa shape index (κ1) is 14.6. The van der Waals surface area contributed by atoms with Crippen molar-refractivity contribution >= 4 is 33.4 Å². The Morgan fingerprint density at radius 1 is 1.21 bits per heavy atom. The number of aromatic amines is 1. The van der Waals surface area contributed by atoms with Crippen LogP contribution >= 0.6 is 11.3 Å². The number of aryl methyl sites for hydroxylation is 1. The topological polar surface area (TPSA) is 96.7 Å². The molecule has 24 heavy (non-hydrogen) atoms. The minimum absolute atomic E-state index is 0.127. The second kappa shape index (κ2) is 6.25. The molecule has 120 valence electrons. The normalized spacial score (nSPS) is 11.0. The number of nitrogens with one attached hydrogen (secondary N) is 2. The lowest BCUT2D eigenvalue weighted by Crippen LogP contribution is -2.12. The molecule has 1 aromatic carbocycles. The molecule has 0 aliphatic heterocycles. The van der Waals surface area contributed by atoms with Gasteiger partial charge >= 0.3 is 0 Å². The molecule has 3 aromatic heterocycles. The van der Waals surface area contributed by atoms with Gasteiger partial charge in [0.1, 0.15) is 5.82 Å². The van der Waals surface area contributed by atoms with Crippen LogP contribution in [0.5, 0.6) is 0 Å². The first-order chi connectivity index (χ1) is 11.8. The van der Waals surface area contributed by atoms with Crippen molar-refractivity contribution in [1.29, 1.82) is 0 Å². The molecule has 0 unspecified atom stereocenters. The monoisotopic (exact) mass is 339 g/mol. The summed E-state index contributed by atoms with van der Waals surface area (Å²) in [4.78, 5) is 19.7. The summed E-state index contributed by atoms with van der Waals surface area (Å²) in [7, 11) is 0. The van der Waals surface area contributed by atoms with Gasteiger partial charge in [0.2, 0.25) is 11.0 Å². The molecular weight excluding hydrogens is 326 g/mol. The summed E-state index contributed by atoms with van der Waals surface area (Å²) < 4.78 is 5.25. The number of furan rings is 1. The molecule has 0 aliphatic rings. The summed E-state index contributed by atoms with van der Waals surface area (Å²) in [5, 5.41) is 11.8. The molecule has 0 bridgehead atoms. The van der Waals surface area contributed by atoms with Crippen LogP contribution in [0.15, 0.2) is 47.1 Å². The number of benzene rings is 1. The van der Waals surface area contributed by atoms with Crippen LogP contribution < -0.4 is 5.32 Å². The van der Waals surface area contributed by atoms with Gasteiger partial charge in [-0.3, -0.25) is 4.79 Å². The maximum absolute atomic E-state index is 12.1. The maximum atomic E-state index is 12.1. The van der Waals surface area contributed by atoms with Gasteiger partial charge in [-0.1, -0.05) is 23.5 Å². The summed E-state index contributed by atoms with van der Waals surface area (Å²) in [6.45, 7) is 0. The lowest BCUT2D eigenvalue weighted by Gasteiger charge is -1.99. The molecule has 2 N–H and O–H groups in total. The number of carbonyl (C=O) groups is 1. The van der Waals surface area contributed by atoms with Gasteiger partial charge < -0.3 is 14.7 Å². The largest absolute Gasteiger partial charge is 0.462 e. The van der Waals surface area contributed by atoms with Crippen molar-refractivity contribution in [2.24, 2.45) is 0 Å². The van der Waals surface area contributed by atoms with E-state index in [0.29, 0.717) is 28.7 Å². The number of carbonyl (C=O) groups excluding carboxylic acids is 1. The first-order valence-corrected chi connectivity index (χ1v) is 8.20. The first-order valence-electron chi connectivity index (χ1n) is 7.39. The number of para-hydroxylation sites is 2. The fourth-order valence-corrected chi connectivity index (χ4v) is 3.04. The Labute approximate surface area is 140 Å². The summed E-state index contributed by atoms with van der Waals surface area (Å²) >= 11 is 1.27. The SMILES string of the molecule is O=C(CCc1nc2ccccc2[nH]1)Nc1nnc(-c2ccco2)s1. The molecule has 4 aromatic rings. The van der Waals surface area contributed by atoms with E-state index in [9.17, 15) is 4.79 Å². The number of imidazole rings is 1. The highest BCUT2D eigenvalue weighted by molar-refractivity contribution is 7.18. The molecule has 4 rings (SSSR count). The number of H-pyrrole nitrogens is 1. The van der Waals surface area contributed by atoms with Crippen LogP contribution in [0.3, 0.4) is 0 Å². The highest BCUT2D eigenvalue weighted by Crippen LogP contribution is 2.26. The molecule has 1 amide bonds. The minimum Gasteiger partial charge on any atom is -0.462 e. The maximum Gasteiger partial charge on any atom is 0.226 e. The van der Waals surface area contributed by atoms with Crippen LogP contribution in [0.2, 0.25) is 0 Å². The van der Waals surface area contributed by atoms with Crippen molar-refractivity contribution in [3.05, 3.63) is 48.5 Å². The fourth-order valence-electron chi connectivity index (χ4n) is 2.31. The number of aromatic nitrogens is 4. The van der Waals surface area contributed by atoms with Crippen molar-refractivity contribution in [2.45, 2.75) is 12.8 Å². The molecule has 3 heterocycles. The van der Waals surface area contributed by atoms with E-state index in [4.69, 9.17) is 4.42 Å². The van der Waals surface area contributed by atoms with Gasteiger partial charge in [0.15, 0.2) is 10.8 Å². The molecular formula is C16H13N5O2S. The molecule has 7 nitrogen and oxygen atoms in total. The van der Waals surface area contributed by atoms with E-state index in [1.54, 1.807) is 18.4 Å². The average molecular weight is 339 g/mol. The predicted octanol–water partition coefficient (Wildman–Crippen LogP) is 3.25. The van der Waals surface area contributed by atoms with Gasteiger partial charge in [-0.15, -0.1) is 10.2 Å². The second-order valence-electron chi connectivity index (χ2n) is 5.14. The number of nitrogens with zero attached hydrogens (tertiary/aromatic N) is 3. The lowest BCUT2D eigenvalue weighted by molar-refractivity contribution is -0.116. The number of hydrogen-bond donors (Lipinski definition) is 2. The Morgan fingerprint density at radius 2 is 2.12 bits per heavy atom. The smallest absolute Gasteiger partial charge is 0.226 e. The Balaban J connectivity index is 1.36. The van der Waals surface area contributed by atoms with Crippen LogP contribution in [0.25, 0.3) is 21.8 Å². The third-order valence-corrected chi connectivity index (χ3v) is 4.28. The van der Waals surface area contributed by atoms with Crippen LogP contribution in [-0.2, 0) is 11.2 Å². The minimum atomic E-state index is -0.127. The van der Waals surface area contributed by atoms with Crippen molar-refractivity contribution < 1.29 is 9.21 Å². The van der Waals surface area contributed by atoms with Crippen molar-refractivity contribution in [1.82, 2.24) is 20.2 Å².